The van der Waals surface area contributed by atoms with Gasteiger partial charge in [-0.15, -0.1) is 0 Å². The van der Waals surface area contributed by atoms with Gasteiger partial charge in [-0.3, -0.25) is 14.7 Å². The van der Waals surface area contributed by atoms with Crippen molar-refractivity contribution in [2.75, 3.05) is 31.8 Å². The molecular formula is C38H55N5O6. The molecule has 49 heavy (non-hydrogen) atoms. The molecule has 3 fully saturated rings. The van der Waals surface area contributed by atoms with Crippen molar-refractivity contribution >= 4 is 17.8 Å². The van der Waals surface area contributed by atoms with Crippen LogP contribution in [0, 0.1) is 18.8 Å². The number of oxazole rings is 1. The fourth-order valence-electron chi connectivity index (χ4n) is 7.20. The number of nitrogens with one attached hydrogen (secondary N) is 1. The molecule has 4 heterocycles. The molecule has 2 saturated carbocycles. The third kappa shape index (κ3) is 10.0. The molecule has 3 aromatic heterocycles. The topological polar surface area (TPSA) is 140 Å². The summed E-state index contributed by atoms with van der Waals surface area (Å²) < 4.78 is 16.1. The summed E-state index contributed by atoms with van der Waals surface area (Å²) in [4.78, 5) is 40.2. The summed E-state index contributed by atoms with van der Waals surface area (Å²) in [6.45, 7) is 8.20. The lowest BCUT2D eigenvalue weighted by Gasteiger charge is -2.34. The van der Waals surface area contributed by atoms with Crippen molar-refractivity contribution in [3.8, 4) is 17.0 Å². The Morgan fingerprint density at radius 3 is 2.39 bits per heavy atom. The molecule has 3 aliphatic rings. The highest BCUT2D eigenvalue weighted by Gasteiger charge is 2.32. The van der Waals surface area contributed by atoms with Crippen LogP contribution in [0.5, 0.6) is 5.75 Å². The molecule has 0 bridgehead atoms. The van der Waals surface area contributed by atoms with Gasteiger partial charge in [0.1, 0.15) is 23.5 Å². The first-order valence-corrected chi connectivity index (χ1v) is 18.0. The van der Waals surface area contributed by atoms with Crippen LogP contribution >= 0.6 is 0 Å². The van der Waals surface area contributed by atoms with Crippen LogP contribution in [0.3, 0.4) is 0 Å². The van der Waals surface area contributed by atoms with E-state index in [1.165, 1.54) is 6.42 Å². The summed E-state index contributed by atoms with van der Waals surface area (Å²) in [6, 6.07) is 8.21. The predicted molar refractivity (Wildman–Crippen MR) is 190 cm³/mol. The molecule has 2 aliphatic carbocycles. The number of pyridine rings is 2. The zero-order chi connectivity index (χ0) is 34.8. The van der Waals surface area contributed by atoms with Crippen molar-refractivity contribution in [2.45, 2.75) is 109 Å². The summed E-state index contributed by atoms with van der Waals surface area (Å²) in [7, 11) is 1.69. The number of aryl methyl sites for hydroxylation is 1. The van der Waals surface area contributed by atoms with Gasteiger partial charge in [0.05, 0.1) is 12.8 Å². The largest absolute Gasteiger partial charge is 0.495 e. The monoisotopic (exact) mass is 677 g/mol. The van der Waals surface area contributed by atoms with E-state index in [9.17, 15) is 9.59 Å². The van der Waals surface area contributed by atoms with E-state index in [0.717, 1.165) is 104 Å². The van der Waals surface area contributed by atoms with Crippen molar-refractivity contribution in [3.63, 3.8) is 0 Å². The fourth-order valence-corrected chi connectivity index (χ4v) is 7.20. The zero-order valence-electron chi connectivity index (χ0n) is 29.5. The summed E-state index contributed by atoms with van der Waals surface area (Å²) in [5.74, 6) is 3.73. The van der Waals surface area contributed by atoms with Gasteiger partial charge in [-0.25, -0.2) is 14.8 Å². The molecule has 11 nitrogen and oxygen atoms in total. The lowest BCUT2D eigenvalue weighted by atomic mass is 9.79. The Labute approximate surface area is 291 Å². The second kappa shape index (κ2) is 17.6. The Morgan fingerprint density at radius 2 is 1.76 bits per heavy atom. The third-order valence-electron chi connectivity index (χ3n) is 10.1. The molecular weight excluding hydrogens is 622 g/mol. The molecule has 268 valence electrons. The average molecular weight is 678 g/mol. The lowest BCUT2D eigenvalue weighted by Crippen LogP contribution is -2.41. The molecule has 0 aromatic carbocycles. The number of rotatable bonds is 9. The highest BCUT2D eigenvalue weighted by Crippen LogP contribution is 2.38. The van der Waals surface area contributed by atoms with Crippen LogP contribution in [0.25, 0.3) is 11.3 Å². The fraction of sp³-hybridized carbons (Fsp3) is 0.605. The highest BCUT2D eigenvalue weighted by molar-refractivity contribution is 5.94. The minimum Gasteiger partial charge on any atom is -0.495 e. The summed E-state index contributed by atoms with van der Waals surface area (Å²) in [5, 5.41) is 10.7. The first kappa shape index (κ1) is 36.3. The van der Waals surface area contributed by atoms with E-state index < -0.39 is 6.09 Å². The van der Waals surface area contributed by atoms with Crippen LogP contribution in [0.1, 0.15) is 115 Å². The molecule has 0 radical (unpaired) electrons. The standard InChI is InChI=1S/C32H42N4O3.C6H11NO3.H2/c1-21(2)31-35-28(20-39-31)26-16-17-33-30(18-26)36(32(37)25-8-6-5-7-9-25)19-23-10-12-24(13-11-23)27-14-15-29(38-4)22(3)34-27;8-6(9)7-5-1-3-10-4-2-5;/h14-18,20-21,23-25H,5-13,19H2,1-4H3;5,7H,1-4H2,(H,8,9);1H. The number of aromatic nitrogens is 3. The van der Waals surface area contributed by atoms with E-state index in [2.05, 4.69) is 30.2 Å². The number of nitrogens with zero attached hydrogens (tertiary/aromatic N) is 4. The van der Waals surface area contributed by atoms with E-state index in [1.807, 2.05) is 30.0 Å². The number of ether oxygens (including phenoxy) is 2. The number of carboxylic acid groups (broad SMARTS) is 1. The van der Waals surface area contributed by atoms with Crippen LogP contribution in [0.15, 0.2) is 41.1 Å². The maximum atomic E-state index is 13.9. The Kier molecular flexibility index (Phi) is 13.0. The number of anilines is 1. The maximum Gasteiger partial charge on any atom is 0.404 e. The molecule has 0 spiro atoms. The number of hydrogen-bond donors (Lipinski definition) is 2. The Balaban J connectivity index is 0.000000441. The van der Waals surface area contributed by atoms with Crippen molar-refractivity contribution in [2.24, 2.45) is 11.8 Å². The number of amides is 2. The second-order valence-electron chi connectivity index (χ2n) is 14.0. The SMILES string of the molecule is COc1ccc(C2CCC(CN(C(=O)C3CCCCC3)c3cc(-c4coc(C(C)C)n4)ccn3)CC2)nc1C.O=C(O)NC1CCOCC1.[HH]. The van der Waals surface area contributed by atoms with Gasteiger partial charge in [-0.1, -0.05) is 33.1 Å². The van der Waals surface area contributed by atoms with Crippen molar-refractivity contribution in [3.05, 3.63) is 54.0 Å². The smallest absolute Gasteiger partial charge is 0.404 e. The number of hydrogen-bond acceptors (Lipinski definition) is 8. The van der Waals surface area contributed by atoms with Gasteiger partial charge in [-0.05, 0) is 88.5 Å². The van der Waals surface area contributed by atoms with Crippen LogP contribution in [-0.4, -0.2) is 65.0 Å². The van der Waals surface area contributed by atoms with Crippen LogP contribution in [-0.2, 0) is 9.53 Å². The van der Waals surface area contributed by atoms with Crippen molar-refractivity contribution in [1.82, 2.24) is 20.3 Å². The molecule has 11 heteroatoms. The first-order valence-electron chi connectivity index (χ1n) is 18.0. The molecule has 1 aliphatic heterocycles. The average Bonchev–Trinajstić information content (AvgIpc) is 3.63. The normalized spacial score (nSPS) is 20.3. The maximum absolute atomic E-state index is 13.9. The Morgan fingerprint density at radius 1 is 1.02 bits per heavy atom. The van der Waals surface area contributed by atoms with Gasteiger partial charge in [0.15, 0.2) is 5.89 Å². The van der Waals surface area contributed by atoms with E-state index in [-0.39, 0.29) is 25.2 Å². The van der Waals surface area contributed by atoms with Crippen LogP contribution in [0.4, 0.5) is 10.6 Å². The summed E-state index contributed by atoms with van der Waals surface area (Å²) in [6.07, 6.45) is 13.9. The minimum absolute atomic E-state index is 0. The van der Waals surface area contributed by atoms with Crippen molar-refractivity contribution in [1.29, 1.82) is 0 Å². The molecule has 3 aromatic rings. The first-order chi connectivity index (χ1) is 23.7. The molecule has 2 amide bonds. The van der Waals surface area contributed by atoms with E-state index in [1.54, 1.807) is 19.6 Å². The number of methoxy groups -OCH3 is 1. The molecule has 0 atom stereocenters. The predicted octanol–water partition coefficient (Wildman–Crippen LogP) is 8.14. The van der Waals surface area contributed by atoms with Crippen LogP contribution in [0.2, 0.25) is 0 Å². The van der Waals surface area contributed by atoms with Gasteiger partial charge in [-0.2, -0.15) is 0 Å². The Bertz CT molecular complexity index is 1510. The van der Waals surface area contributed by atoms with Crippen LogP contribution < -0.4 is 15.0 Å². The van der Waals surface area contributed by atoms with Gasteiger partial charge in [0.25, 0.3) is 0 Å². The molecule has 6 rings (SSSR count). The molecule has 1 saturated heterocycles. The minimum atomic E-state index is -0.938. The van der Waals surface area contributed by atoms with E-state index >= 15 is 0 Å². The molecule has 0 unspecified atom stereocenters. The molecule has 2 N–H and O–H groups in total. The zero-order valence-corrected chi connectivity index (χ0v) is 29.5. The lowest BCUT2D eigenvalue weighted by molar-refractivity contribution is -0.123. The van der Waals surface area contributed by atoms with Gasteiger partial charge < -0.3 is 24.3 Å². The highest BCUT2D eigenvalue weighted by atomic mass is 16.5. The van der Waals surface area contributed by atoms with E-state index in [0.29, 0.717) is 31.6 Å². The Hall–Kier alpha value is -3.99. The number of carbonyl (C=O) groups is 2. The summed E-state index contributed by atoms with van der Waals surface area (Å²) in [5.41, 5.74) is 3.82. The third-order valence-corrected chi connectivity index (χ3v) is 10.1. The number of carbonyl (C=O) groups excluding carboxylic acids is 1. The summed E-state index contributed by atoms with van der Waals surface area (Å²) >= 11 is 0. The van der Waals surface area contributed by atoms with E-state index in [4.69, 9.17) is 29.0 Å². The van der Waals surface area contributed by atoms with Gasteiger partial charge in [0.2, 0.25) is 5.91 Å². The second-order valence-corrected chi connectivity index (χ2v) is 14.0. The van der Waals surface area contributed by atoms with Crippen molar-refractivity contribution < 1.29 is 30.0 Å². The van der Waals surface area contributed by atoms with Gasteiger partial charge in [0, 0.05) is 62.4 Å². The van der Waals surface area contributed by atoms with Gasteiger partial charge >= 0.3 is 6.09 Å². The quantitative estimate of drug-likeness (QED) is 0.230.